The quantitative estimate of drug-likeness (QED) is 0.903. The largest absolute Gasteiger partial charge is 0.381 e. The SMILES string of the molecule is CCS(=O)(=O)c1ccccc1NC1CCC(SC)CC1. The van der Waals surface area contributed by atoms with Crippen LogP contribution in [-0.4, -0.2) is 31.7 Å². The molecular weight excluding hydrogens is 290 g/mol. The average molecular weight is 313 g/mol. The third-order valence-electron chi connectivity index (χ3n) is 3.97. The molecule has 20 heavy (non-hydrogen) atoms. The Morgan fingerprint density at radius 1 is 1.20 bits per heavy atom. The van der Waals surface area contributed by atoms with Crippen molar-refractivity contribution in [1.82, 2.24) is 0 Å². The van der Waals surface area contributed by atoms with E-state index in [1.165, 1.54) is 12.8 Å². The van der Waals surface area contributed by atoms with Crippen LogP contribution < -0.4 is 5.32 Å². The first-order chi connectivity index (χ1) is 9.56. The fourth-order valence-electron chi connectivity index (χ4n) is 2.68. The Kier molecular flexibility index (Phi) is 5.38. The van der Waals surface area contributed by atoms with E-state index in [9.17, 15) is 8.42 Å². The summed E-state index contributed by atoms with van der Waals surface area (Å²) in [5.74, 6) is 0.144. The van der Waals surface area contributed by atoms with Crippen molar-refractivity contribution >= 4 is 27.3 Å². The van der Waals surface area contributed by atoms with E-state index in [-0.39, 0.29) is 5.75 Å². The van der Waals surface area contributed by atoms with Crippen molar-refractivity contribution in [2.75, 3.05) is 17.3 Å². The van der Waals surface area contributed by atoms with Crippen LogP contribution in [0.1, 0.15) is 32.6 Å². The molecule has 1 aromatic rings. The van der Waals surface area contributed by atoms with Crippen LogP contribution in [0.2, 0.25) is 0 Å². The van der Waals surface area contributed by atoms with Crippen LogP contribution >= 0.6 is 11.8 Å². The lowest BCUT2D eigenvalue weighted by Gasteiger charge is -2.29. The van der Waals surface area contributed by atoms with Gasteiger partial charge in [-0.05, 0) is 44.1 Å². The second-order valence-electron chi connectivity index (χ2n) is 5.25. The van der Waals surface area contributed by atoms with Crippen LogP contribution in [0.25, 0.3) is 0 Å². The maximum absolute atomic E-state index is 12.1. The number of thioether (sulfide) groups is 1. The molecule has 0 bridgehead atoms. The van der Waals surface area contributed by atoms with Crippen LogP contribution in [0.15, 0.2) is 29.2 Å². The van der Waals surface area contributed by atoms with Crippen molar-refractivity contribution in [2.45, 2.75) is 48.8 Å². The van der Waals surface area contributed by atoms with Gasteiger partial charge in [-0.25, -0.2) is 8.42 Å². The summed E-state index contributed by atoms with van der Waals surface area (Å²) in [6.45, 7) is 1.69. The van der Waals surface area contributed by atoms with Gasteiger partial charge in [0.15, 0.2) is 9.84 Å². The lowest BCUT2D eigenvalue weighted by Crippen LogP contribution is -2.27. The first kappa shape index (κ1) is 15.7. The molecule has 112 valence electrons. The Hall–Kier alpha value is -0.680. The molecule has 0 saturated heterocycles. The highest BCUT2D eigenvalue weighted by molar-refractivity contribution is 7.99. The van der Waals surface area contributed by atoms with E-state index in [0.29, 0.717) is 10.9 Å². The van der Waals surface area contributed by atoms with Crippen LogP contribution in [0, 0.1) is 0 Å². The Morgan fingerprint density at radius 2 is 1.85 bits per heavy atom. The normalized spacial score (nSPS) is 23.5. The number of nitrogens with one attached hydrogen (secondary N) is 1. The second-order valence-corrected chi connectivity index (χ2v) is 8.64. The van der Waals surface area contributed by atoms with Crippen molar-refractivity contribution in [2.24, 2.45) is 0 Å². The van der Waals surface area contributed by atoms with Crippen LogP contribution in [-0.2, 0) is 9.84 Å². The molecule has 2 rings (SSSR count). The van der Waals surface area contributed by atoms with Crippen molar-refractivity contribution in [1.29, 1.82) is 0 Å². The van der Waals surface area contributed by atoms with Crippen LogP contribution in [0.4, 0.5) is 5.69 Å². The second kappa shape index (κ2) is 6.85. The number of benzene rings is 1. The van der Waals surface area contributed by atoms with E-state index in [0.717, 1.165) is 23.8 Å². The summed E-state index contributed by atoms with van der Waals surface area (Å²) in [7, 11) is -3.16. The maximum Gasteiger partial charge on any atom is 0.180 e. The predicted molar refractivity (Wildman–Crippen MR) is 87.4 cm³/mol. The number of para-hydroxylation sites is 1. The molecule has 1 aliphatic rings. The van der Waals surface area contributed by atoms with Crippen molar-refractivity contribution in [3.8, 4) is 0 Å². The summed E-state index contributed by atoms with van der Waals surface area (Å²) >= 11 is 1.94. The summed E-state index contributed by atoms with van der Waals surface area (Å²) in [5.41, 5.74) is 0.766. The van der Waals surface area contributed by atoms with E-state index in [1.807, 2.05) is 23.9 Å². The maximum atomic E-state index is 12.1. The highest BCUT2D eigenvalue weighted by Gasteiger charge is 2.22. The Labute approximate surface area is 126 Å². The monoisotopic (exact) mass is 313 g/mol. The van der Waals surface area contributed by atoms with Gasteiger partial charge < -0.3 is 5.32 Å². The molecule has 1 N–H and O–H groups in total. The molecule has 0 heterocycles. The molecule has 3 nitrogen and oxygen atoms in total. The van der Waals surface area contributed by atoms with Crippen molar-refractivity contribution < 1.29 is 8.42 Å². The van der Waals surface area contributed by atoms with Gasteiger partial charge in [0.1, 0.15) is 0 Å². The van der Waals surface area contributed by atoms with E-state index in [4.69, 9.17) is 0 Å². The van der Waals surface area contributed by atoms with E-state index >= 15 is 0 Å². The third-order valence-corrected chi connectivity index (χ3v) is 6.89. The molecule has 0 amide bonds. The van der Waals surface area contributed by atoms with Crippen LogP contribution in [0.5, 0.6) is 0 Å². The first-order valence-corrected chi connectivity index (χ1v) is 10.1. The summed E-state index contributed by atoms with van der Waals surface area (Å²) in [6, 6.07) is 7.66. The van der Waals surface area contributed by atoms with Crippen LogP contribution in [0.3, 0.4) is 0 Å². The molecule has 1 saturated carbocycles. The Balaban J connectivity index is 2.11. The number of sulfone groups is 1. The van der Waals surface area contributed by atoms with Gasteiger partial charge in [-0.1, -0.05) is 19.1 Å². The molecule has 0 spiro atoms. The van der Waals surface area contributed by atoms with Gasteiger partial charge in [-0.2, -0.15) is 11.8 Å². The molecule has 1 aliphatic carbocycles. The van der Waals surface area contributed by atoms with Gasteiger partial charge in [0.05, 0.1) is 16.3 Å². The van der Waals surface area contributed by atoms with Gasteiger partial charge in [-0.3, -0.25) is 0 Å². The summed E-state index contributed by atoms with van der Waals surface area (Å²) in [4.78, 5) is 0.439. The van der Waals surface area contributed by atoms with Gasteiger partial charge in [0.25, 0.3) is 0 Å². The third kappa shape index (κ3) is 3.70. The smallest absolute Gasteiger partial charge is 0.180 e. The van der Waals surface area contributed by atoms with E-state index in [1.54, 1.807) is 19.1 Å². The summed E-state index contributed by atoms with van der Waals surface area (Å²) in [5, 5.41) is 4.21. The number of hydrogen-bond acceptors (Lipinski definition) is 4. The minimum atomic E-state index is -3.16. The predicted octanol–water partition coefficient (Wildman–Crippen LogP) is 3.57. The fraction of sp³-hybridized carbons (Fsp3) is 0.600. The summed E-state index contributed by atoms with van der Waals surface area (Å²) in [6.07, 6.45) is 6.82. The zero-order valence-electron chi connectivity index (χ0n) is 12.1. The Morgan fingerprint density at radius 3 is 2.45 bits per heavy atom. The Bertz CT molecular complexity index is 535. The molecule has 1 fully saturated rings. The first-order valence-electron chi connectivity index (χ1n) is 7.18. The number of rotatable bonds is 5. The van der Waals surface area contributed by atoms with Gasteiger partial charge in [-0.15, -0.1) is 0 Å². The number of anilines is 1. The highest BCUT2D eigenvalue weighted by atomic mass is 32.2. The molecule has 1 aromatic carbocycles. The molecule has 0 unspecified atom stereocenters. The average Bonchev–Trinajstić information content (AvgIpc) is 2.48. The lowest BCUT2D eigenvalue weighted by atomic mass is 9.95. The minimum Gasteiger partial charge on any atom is -0.381 e. The molecule has 0 aliphatic heterocycles. The standard InChI is InChI=1S/C15H23NO2S2/c1-3-20(17,18)15-7-5-4-6-14(15)16-12-8-10-13(19-2)11-9-12/h4-7,12-13,16H,3,8-11H2,1-2H3. The topological polar surface area (TPSA) is 46.2 Å². The van der Waals surface area contributed by atoms with Gasteiger partial charge in [0, 0.05) is 11.3 Å². The highest BCUT2D eigenvalue weighted by Crippen LogP contribution is 2.30. The van der Waals surface area contributed by atoms with Crippen molar-refractivity contribution in [3.05, 3.63) is 24.3 Å². The molecular formula is C15H23NO2S2. The van der Waals surface area contributed by atoms with Gasteiger partial charge >= 0.3 is 0 Å². The minimum absolute atomic E-state index is 0.144. The zero-order valence-corrected chi connectivity index (χ0v) is 13.8. The molecule has 0 radical (unpaired) electrons. The fourth-order valence-corrected chi connectivity index (χ4v) is 4.48. The van der Waals surface area contributed by atoms with E-state index in [2.05, 4.69) is 11.6 Å². The number of hydrogen-bond donors (Lipinski definition) is 1. The summed E-state index contributed by atoms with van der Waals surface area (Å²) < 4.78 is 24.2. The molecule has 0 aromatic heterocycles. The zero-order chi connectivity index (χ0) is 14.6. The lowest BCUT2D eigenvalue weighted by molar-refractivity contribution is 0.472. The van der Waals surface area contributed by atoms with E-state index < -0.39 is 9.84 Å². The van der Waals surface area contributed by atoms with Gasteiger partial charge in [0.2, 0.25) is 0 Å². The van der Waals surface area contributed by atoms with Crippen molar-refractivity contribution in [3.63, 3.8) is 0 Å². The molecule has 0 atom stereocenters. The molecule has 5 heteroatoms.